The fraction of sp³-hybridized carbons (Fsp3) is 0.148. The number of carbonyl (C=O) groups is 2. The smallest absolute Gasteiger partial charge is 0.254 e. The van der Waals surface area contributed by atoms with Gasteiger partial charge in [-0.1, -0.05) is 11.8 Å². The van der Waals surface area contributed by atoms with Gasteiger partial charge >= 0.3 is 0 Å². The molecular formula is C27H23FN4O4S. The van der Waals surface area contributed by atoms with Crippen molar-refractivity contribution in [3.8, 4) is 11.8 Å². The first kappa shape index (κ1) is 25.6. The van der Waals surface area contributed by atoms with Gasteiger partial charge in [-0.15, -0.1) is 0 Å². The van der Waals surface area contributed by atoms with Gasteiger partial charge in [0, 0.05) is 17.1 Å². The van der Waals surface area contributed by atoms with Crippen molar-refractivity contribution in [3.05, 3.63) is 100 Å². The van der Waals surface area contributed by atoms with Crippen LogP contribution in [0.5, 0.6) is 5.75 Å². The number of carbonyl (C=O) groups excluding carboxylic acids is 2. The third kappa shape index (κ3) is 6.02. The number of hydrogen-bond acceptors (Lipinski definition) is 7. The van der Waals surface area contributed by atoms with Crippen LogP contribution in [-0.4, -0.2) is 24.7 Å². The number of hydrogen-bond donors (Lipinski definition) is 3. The van der Waals surface area contributed by atoms with Crippen LogP contribution in [0.25, 0.3) is 0 Å². The minimum absolute atomic E-state index is 0.0174. The number of nitrogens with zero attached hydrogens (tertiary/aromatic N) is 1. The number of dihydropyridines is 1. The summed E-state index contributed by atoms with van der Waals surface area (Å²) < 4.78 is 23.9. The van der Waals surface area contributed by atoms with Crippen LogP contribution in [0, 0.1) is 17.1 Å². The number of furan rings is 1. The van der Waals surface area contributed by atoms with Crippen molar-refractivity contribution in [2.75, 3.05) is 23.5 Å². The summed E-state index contributed by atoms with van der Waals surface area (Å²) in [4.78, 5) is 25.9. The Morgan fingerprint density at radius 2 is 1.78 bits per heavy atom. The molecule has 4 rings (SSSR count). The Kier molecular flexibility index (Phi) is 7.95. The van der Waals surface area contributed by atoms with Crippen LogP contribution in [0.15, 0.2) is 93.2 Å². The summed E-state index contributed by atoms with van der Waals surface area (Å²) >= 11 is 1.13. The van der Waals surface area contributed by atoms with Gasteiger partial charge in [0.2, 0.25) is 5.91 Å². The van der Waals surface area contributed by atoms with E-state index >= 15 is 0 Å². The molecule has 1 aromatic heterocycles. The lowest BCUT2D eigenvalue weighted by Crippen LogP contribution is -2.31. The van der Waals surface area contributed by atoms with E-state index < -0.39 is 17.6 Å². The molecule has 3 aromatic rings. The number of rotatable bonds is 8. The molecule has 3 N–H and O–H groups in total. The zero-order valence-electron chi connectivity index (χ0n) is 20.0. The molecule has 37 heavy (non-hydrogen) atoms. The third-order valence-corrected chi connectivity index (χ3v) is 6.56. The van der Waals surface area contributed by atoms with Crippen LogP contribution in [0.4, 0.5) is 15.8 Å². The van der Waals surface area contributed by atoms with Crippen LogP contribution in [0.2, 0.25) is 0 Å². The second kappa shape index (κ2) is 11.5. The van der Waals surface area contributed by atoms with Crippen molar-refractivity contribution in [3.63, 3.8) is 0 Å². The number of thioether (sulfide) groups is 1. The summed E-state index contributed by atoms with van der Waals surface area (Å²) in [6.07, 6.45) is 1.48. The average molecular weight is 519 g/mol. The summed E-state index contributed by atoms with van der Waals surface area (Å²) in [5.74, 6) is -0.851. The third-order valence-electron chi connectivity index (χ3n) is 5.54. The molecule has 1 atom stereocenters. The number of benzene rings is 2. The number of halogens is 1. The molecule has 1 aliphatic rings. The molecule has 188 valence electrons. The van der Waals surface area contributed by atoms with Crippen LogP contribution in [-0.2, 0) is 9.59 Å². The summed E-state index contributed by atoms with van der Waals surface area (Å²) in [5.41, 5.74) is 2.11. The van der Waals surface area contributed by atoms with E-state index in [-0.39, 0.29) is 17.2 Å². The van der Waals surface area contributed by atoms with Gasteiger partial charge in [-0.3, -0.25) is 9.59 Å². The van der Waals surface area contributed by atoms with Gasteiger partial charge < -0.3 is 25.1 Å². The quantitative estimate of drug-likeness (QED) is 0.378. The highest BCUT2D eigenvalue weighted by molar-refractivity contribution is 8.03. The van der Waals surface area contributed by atoms with Crippen molar-refractivity contribution in [2.24, 2.45) is 0 Å². The Bertz CT molecular complexity index is 1390. The Balaban J connectivity index is 1.56. The van der Waals surface area contributed by atoms with Crippen molar-refractivity contribution in [1.82, 2.24) is 5.32 Å². The molecule has 10 heteroatoms. The van der Waals surface area contributed by atoms with E-state index in [0.29, 0.717) is 39.2 Å². The highest BCUT2D eigenvalue weighted by atomic mass is 32.2. The Labute approximate surface area is 217 Å². The van der Waals surface area contributed by atoms with E-state index in [1.807, 2.05) is 0 Å². The van der Waals surface area contributed by atoms with E-state index in [2.05, 4.69) is 22.0 Å². The molecule has 0 radical (unpaired) electrons. The molecule has 0 unspecified atom stereocenters. The molecule has 0 saturated heterocycles. The van der Waals surface area contributed by atoms with Gasteiger partial charge in [0.15, 0.2) is 0 Å². The highest BCUT2D eigenvalue weighted by Gasteiger charge is 2.36. The van der Waals surface area contributed by atoms with Crippen molar-refractivity contribution >= 4 is 35.0 Å². The fourth-order valence-electron chi connectivity index (χ4n) is 3.81. The molecular weight excluding hydrogens is 495 g/mol. The number of nitrogens with one attached hydrogen (secondary N) is 3. The van der Waals surface area contributed by atoms with Crippen LogP contribution in [0.1, 0.15) is 18.6 Å². The largest absolute Gasteiger partial charge is 0.497 e. The van der Waals surface area contributed by atoms with Gasteiger partial charge in [0.25, 0.3) is 5.91 Å². The predicted octanol–water partition coefficient (Wildman–Crippen LogP) is 5.13. The zero-order valence-corrected chi connectivity index (χ0v) is 20.8. The maximum absolute atomic E-state index is 13.4. The maximum Gasteiger partial charge on any atom is 0.254 e. The second-order valence-electron chi connectivity index (χ2n) is 7.99. The maximum atomic E-state index is 13.4. The van der Waals surface area contributed by atoms with Crippen LogP contribution < -0.4 is 20.7 Å². The van der Waals surface area contributed by atoms with Crippen molar-refractivity contribution in [2.45, 2.75) is 12.8 Å². The number of methoxy groups -OCH3 is 1. The van der Waals surface area contributed by atoms with E-state index in [1.165, 1.54) is 30.5 Å². The number of anilines is 2. The van der Waals surface area contributed by atoms with E-state index in [4.69, 9.17) is 9.15 Å². The second-order valence-corrected chi connectivity index (χ2v) is 8.98. The van der Waals surface area contributed by atoms with Gasteiger partial charge in [-0.2, -0.15) is 5.26 Å². The van der Waals surface area contributed by atoms with Gasteiger partial charge in [0.1, 0.15) is 17.3 Å². The topological polar surface area (TPSA) is 116 Å². The molecule has 0 fully saturated rings. The molecule has 1 aliphatic heterocycles. The number of nitriles is 1. The molecule has 0 spiro atoms. The monoisotopic (exact) mass is 518 g/mol. The van der Waals surface area contributed by atoms with Gasteiger partial charge in [-0.25, -0.2) is 4.39 Å². The van der Waals surface area contributed by atoms with Crippen molar-refractivity contribution in [1.29, 1.82) is 5.26 Å². The average Bonchev–Trinajstić information content (AvgIpc) is 3.43. The minimum atomic E-state index is -0.776. The van der Waals surface area contributed by atoms with Crippen LogP contribution >= 0.6 is 11.8 Å². The Morgan fingerprint density at radius 1 is 1.11 bits per heavy atom. The molecule has 2 heterocycles. The van der Waals surface area contributed by atoms with E-state index in [9.17, 15) is 19.2 Å². The molecule has 0 saturated carbocycles. The molecule has 0 aliphatic carbocycles. The van der Waals surface area contributed by atoms with E-state index in [0.717, 1.165) is 11.8 Å². The van der Waals surface area contributed by atoms with Gasteiger partial charge in [0.05, 0.1) is 47.3 Å². The van der Waals surface area contributed by atoms with Crippen LogP contribution in [0.3, 0.4) is 0 Å². The lowest BCUT2D eigenvalue weighted by atomic mass is 9.85. The number of allylic oxidation sites excluding steroid dienone is 2. The summed E-state index contributed by atoms with van der Waals surface area (Å²) in [7, 11) is 1.56. The normalized spacial score (nSPS) is 15.0. The first-order chi connectivity index (χ1) is 17.9. The fourth-order valence-corrected chi connectivity index (χ4v) is 4.70. The van der Waals surface area contributed by atoms with Gasteiger partial charge in [-0.05, 0) is 67.6 Å². The summed E-state index contributed by atoms with van der Waals surface area (Å²) in [6, 6.07) is 17.9. The first-order valence-electron chi connectivity index (χ1n) is 11.2. The van der Waals surface area contributed by atoms with E-state index in [1.54, 1.807) is 50.4 Å². The minimum Gasteiger partial charge on any atom is -0.497 e. The number of amides is 2. The summed E-state index contributed by atoms with van der Waals surface area (Å²) in [5, 5.41) is 19.2. The lowest BCUT2D eigenvalue weighted by molar-refractivity contribution is -0.114. The lowest BCUT2D eigenvalue weighted by Gasteiger charge is -2.28. The predicted molar refractivity (Wildman–Crippen MR) is 139 cm³/mol. The molecule has 2 amide bonds. The first-order valence-corrected chi connectivity index (χ1v) is 12.2. The Morgan fingerprint density at radius 3 is 2.41 bits per heavy atom. The zero-order chi connectivity index (χ0) is 26.4. The SMILES string of the molecule is COc1ccc(NC(=O)C2=C(C)NC(SCC(=O)Nc3ccc(F)cc3)=C(C#N)[C@H]2c2ccco2)cc1. The molecule has 0 bridgehead atoms. The highest BCUT2D eigenvalue weighted by Crippen LogP contribution is 2.41. The Hall–Kier alpha value is -4.49. The summed E-state index contributed by atoms with van der Waals surface area (Å²) in [6.45, 7) is 1.73. The van der Waals surface area contributed by atoms with Crippen molar-refractivity contribution < 1.29 is 23.1 Å². The number of ether oxygens (including phenoxy) is 1. The standard InChI is InChI=1S/C27H23FN4O4S/c1-16-24(26(34)32-19-9-11-20(35-2)12-10-19)25(22-4-3-13-36-22)21(14-29)27(30-16)37-15-23(33)31-18-7-5-17(28)6-8-18/h3-13,25,30H,15H2,1-2H3,(H,31,33)(H,32,34)/t25-/m0/s1. The molecule has 8 nitrogen and oxygen atoms in total. The molecule has 2 aromatic carbocycles.